The largest absolute Gasteiger partial charge is 0.453 e. The number of esters is 1. The van der Waals surface area contributed by atoms with Gasteiger partial charge in [-0.05, 0) is 66.3 Å². The summed E-state index contributed by atoms with van der Waals surface area (Å²) in [6, 6.07) is 17.5. The van der Waals surface area contributed by atoms with E-state index in [-0.39, 0.29) is 11.4 Å². The number of aryl methyl sites for hydroxylation is 1. The van der Waals surface area contributed by atoms with E-state index in [2.05, 4.69) is 10.6 Å². The molecule has 0 bridgehead atoms. The lowest BCUT2D eigenvalue weighted by molar-refractivity contribution is -0.137. The molecule has 1 aliphatic rings. The summed E-state index contributed by atoms with van der Waals surface area (Å²) in [6.07, 6.45) is 2.35. The van der Waals surface area contributed by atoms with Gasteiger partial charge in [0.15, 0.2) is 12.4 Å². The zero-order valence-corrected chi connectivity index (χ0v) is 19.6. The molecule has 0 N–H and O–H groups in total. The van der Waals surface area contributed by atoms with Crippen molar-refractivity contribution < 1.29 is 19.1 Å². The Morgan fingerprint density at radius 1 is 1.09 bits per heavy atom. The number of ether oxygens (including phenoxy) is 2. The summed E-state index contributed by atoms with van der Waals surface area (Å²) in [4.78, 5) is 25.3. The first-order valence-electron chi connectivity index (χ1n) is 11.1. The zero-order chi connectivity index (χ0) is 24.2. The van der Waals surface area contributed by atoms with Crippen molar-refractivity contribution in [3.8, 4) is 17.2 Å². The summed E-state index contributed by atoms with van der Waals surface area (Å²) in [6.45, 7) is 4.69. The molecule has 1 aliphatic carbocycles. The fourth-order valence-corrected chi connectivity index (χ4v) is 4.38. The number of carbonyl (C=O) groups excluding carboxylic acids is 2. The molecular formula is C28H26N2O4. The molecule has 1 aromatic heterocycles. The van der Waals surface area contributed by atoms with Crippen molar-refractivity contribution in [2.24, 2.45) is 0 Å². The molecule has 0 unspecified atom stereocenters. The Hall–Kier alpha value is -3.95. The van der Waals surface area contributed by atoms with Crippen LogP contribution in [0.3, 0.4) is 0 Å². The van der Waals surface area contributed by atoms with E-state index in [0.717, 1.165) is 34.5 Å². The highest BCUT2D eigenvalue weighted by Gasteiger charge is 2.21. The Balaban J connectivity index is 1.46. The molecule has 6 heteroatoms. The van der Waals surface area contributed by atoms with Crippen molar-refractivity contribution in [3.63, 3.8) is 0 Å². The van der Waals surface area contributed by atoms with Crippen LogP contribution in [-0.2, 0) is 27.2 Å². The monoisotopic (exact) mass is 454 g/mol. The molecule has 0 radical (unpaired) electrons. The van der Waals surface area contributed by atoms with Crippen LogP contribution in [0, 0.1) is 25.2 Å². The predicted molar refractivity (Wildman–Crippen MR) is 129 cm³/mol. The molecule has 2 aromatic carbocycles. The number of nitriles is 1. The Kier molecular flexibility index (Phi) is 6.76. The molecule has 0 spiro atoms. The number of rotatable bonds is 8. The van der Waals surface area contributed by atoms with Gasteiger partial charge in [-0.15, -0.1) is 0 Å². The van der Waals surface area contributed by atoms with Crippen LogP contribution in [0.4, 0.5) is 0 Å². The topological polar surface area (TPSA) is 81.3 Å². The third kappa shape index (κ3) is 4.57. The van der Waals surface area contributed by atoms with E-state index in [1.807, 2.05) is 56.3 Å². The molecule has 0 saturated heterocycles. The SMILES string of the molecule is COCCn1c(C)cc(/C=C(\C#N)C(=O)OCC(=O)c2ccc3c(c2)-c2ccccc2C3)c1C. The minimum atomic E-state index is -0.816. The average molecular weight is 455 g/mol. The van der Waals surface area contributed by atoms with Crippen LogP contribution in [0.2, 0.25) is 0 Å². The van der Waals surface area contributed by atoms with Crippen LogP contribution < -0.4 is 0 Å². The number of fused-ring (bicyclic) bond motifs is 3. The second-order valence-electron chi connectivity index (χ2n) is 8.35. The van der Waals surface area contributed by atoms with Gasteiger partial charge in [0.05, 0.1) is 6.61 Å². The molecule has 0 aliphatic heterocycles. The fraction of sp³-hybridized carbons (Fsp3) is 0.250. The van der Waals surface area contributed by atoms with E-state index in [1.54, 1.807) is 13.2 Å². The van der Waals surface area contributed by atoms with Gasteiger partial charge in [0, 0.05) is 30.6 Å². The van der Waals surface area contributed by atoms with Crippen LogP contribution in [0.25, 0.3) is 17.2 Å². The molecule has 4 rings (SSSR count). The first-order chi connectivity index (χ1) is 16.4. The molecule has 6 nitrogen and oxygen atoms in total. The number of benzene rings is 2. The first-order valence-corrected chi connectivity index (χ1v) is 11.1. The molecule has 0 saturated carbocycles. The van der Waals surface area contributed by atoms with Crippen molar-refractivity contribution in [2.45, 2.75) is 26.8 Å². The minimum absolute atomic E-state index is 0.150. The van der Waals surface area contributed by atoms with Crippen molar-refractivity contribution in [3.05, 3.63) is 87.7 Å². The van der Waals surface area contributed by atoms with Gasteiger partial charge in [-0.25, -0.2) is 4.79 Å². The van der Waals surface area contributed by atoms with Crippen LogP contribution in [0.15, 0.2) is 54.1 Å². The van der Waals surface area contributed by atoms with Crippen LogP contribution in [-0.4, -0.2) is 36.6 Å². The summed E-state index contributed by atoms with van der Waals surface area (Å²) in [5.74, 6) is -1.13. The Morgan fingerprint density at radius 3 is 2.62 bits per heavy atom. The summed E-state index contributed by atoms with van der Waals surface area (Å²) >= 11 is 0. The summed E-state index contributed by atoms with van der Waals surface area (Å²) in [5, 5.41) is 9.52. The maximum Gasteiger partial charge on any atom is 0.349 e. The summed E-state index contributed by atoms with van der Waals surface area (Å²) in [5.41, 5.74) is 7.58. The zero-order valence-electron chi connectivity index (χ0n) is 19.6. The Bertz CT molecular complexity index is 1340. The number of aromatic nitrogens is 1. The third-order valence-electron chi connectivity index (χ3n) is 6.23. The Morgan fingerprint density at radius 2 is 1.85 bits per heavy atom. The van der Waals surface area contributed by atoms with Gasteiger partial charge < -0.3 is 14.0 Å². The van der Waals surface area contributed by atoms with Crippen molar-refractivity contribution in [2.75, 3.05) is 20.3 Å². The number of hydrogen-bond acceptors (Lipinski definition) is 5. The number of hydrogen-bond donors (Lipinski definition) is 0. The lowest BCUT2D eigenvalue weighted by atomic mass is 10.0. The van der Waals surface area contributed by atoms with E-state index < -0.39 is 12.6 Å². The van der Waals surface area contributed by atoms with Gasteiger partial charge in [-0.3, -0.25) is 4.79 Å². The maximum absolute atomic E-state index is 12.7. The number of carbonyl (C=O) groups is 2. The molecule has 0 fully saturated rings. The second-order valence-corrected chi connectivity index (χ2v) is 8.35. The van der Waals surface area contributed by atoms with Gasteiger partial charge in [0.2, 0.25) is 0 Å². The first kappa shape index (κ1) is 23.2. The molecule has 0 atom stereocenters. The van der Waals surface area contributed by atoms with E-state index in [1.165, 1.54) is 17.2 Å². The molecule has 0 amide bonds. The number of ketones is 1. The average Bonchev–Trinajstić information content (AvgIpc) is 3.35. The summed E-state index contributed by atoms with van der Waals surface area (Å²) < 4.78 is 12.4. The highest BCUT2D eigenvalue weighted by atomic mass is 16.5. The van der Waals surface area contributed by atoms with Gasteiger partial charge in [-0.2, -0.15) is 5.26 Å². The second kappa shape index (κ2) is 9.90. The van der Waals surface area contributed by atoms with E-state index >= 15 is 0 Å². The number of nitrogens with zero attached hydrogens (tertiary/aromatic N) is 2. The predicted octanol–water partition coefficient (Wildman–Crippen LogP) is 4.66. The lowest BCUT2D eigenvalue weighted by Gasteiger charge is -2.08. The summed E-state index contributed by atoms with van der Waals surface area (Å²) in [7, 11) is 1.64. The highest BCUT2D eigenvalue weighted by molar-refractivity contribution is 6.02. The maximum atomic E-state index is 12.7. The molecule has 3 aromatic rings. The smallest absolute Gasteiger partial charge is 0.349 e. The molecular weight excluding hydrogens is 428 g/mol. The van der Waals surface area contributed by atoms with Crippen LogP contribution in [0.5, 0.6) is 0 Å². The van der Waals surface area contributed by atoms with Crippen LogP contribution >= 0.6 is 0 Å². The van der Waals surface area contributed by atoms with Gasteiger partial charge in [0.1, 0.15) is 11.6 Å². The minimum Gasteiger partial charge on any atom is -0.453 e. The van der Waals surface area contributed by atoms with E-state index in [4.69, 9.17) is 9.47 Å². The fourth-order valence-electron chi connectivity index (χ4n) is 4.38. The highest BCUT2D eigenvalue weighted by Crippen LogP contribution is 2.36. The third-order valence-corrected chi connectivity index (χ3v) is 6.23. The van der Waals surface area contributed by atoms with Gasteiger partial charge in [-0.1, -0.05) is 36.4 Å². The standard InChI is InChI=1S/C28H26N2O4/c1-18-12-23(19(2)30(18)10-11-33-3)14-24(16-29)28(32)34-17-27(31)22-9-8-21-13-20-6-4-5-7-25(20)26(21)15-22/h4-9,12,14-15H,10-11,13,17H2,1-3H3/b24-14+. The van der Waals surface area contributed by atoms with Gasteiger partial charge in [0.25, 0.3) is 0 Å². The normalized spacial score (nSPS) is 12.1. The van der Waals surface area contributed by atoms with E-state index in [0.29, 0.717) is 18.7 Å². The lowest BCUT2D eigenvalue weighted by Crippen LogP contribution is -2.15. The van der Waals surface area contributed by atoms with Crippen molar-refractivity contribution in [1.29, 1.82) is 5.26 Å². The number of methoxy groups -OCH3 is 1. The van der Waals surface area contributed by atoms with Gasteiger partial charge >= 0.3 is 5.97 Å². The quantitative estimate of drug-likeness (QED) is 0.167. The molecule has 1 heterocycles. The van der Waals surface area contributed by atoms with Crippen molar-refractivity contribution >= 4 is 17.8 Å². The molecule has 172 valence electrons. The van der Waals surface area contributed by atoms with E-state index in [9.17, 15) is 14.9 Å². The number of Topliss-reactive ketones (excluding diaryl/α,β-unsaturated/α-hetero) is 1. The Labute approximate surface area is 199 Å². The van der Waals surface area contributed by atoms with Crippen LogP contribution in [0.1, 0.15) is 38.4 Å². The molecule has 34 heavy (non-hydrogen) atoms. The van der Waals surface area contributed by atoms with Crippen molar-refractivity contribution in [1.82, 2.24) is 4.57 Å².